The maximum atomic E-state index is 14.0. The fraction of sp³-hybridized carbons (Fsp3) is 0.176. The monoisotopic (exact) mass is 574 g/mol. The summed E-state index contributed by atoms with van der Waals surface area (Å²) in [4.78, 5) is 31.4. The molecule has 0 radical (unpaired) electrons. The molecule has 0 fully saturated rings. The number of nitrogen functional groups attached to an aromatic ring is 1. The third-order valence-electron chi connectivity index (χ3n) is 7.03. The molecule has 1 atom stereocenters. The number of anilines is 3. The van der Waals surface area contributed by atoms with Gasteiger partial charge in [0.2, 0.25) is 0 Å². The van der Waals surface area contributed by atoms with Gasteiger partial charge >= 0.3 is 0 Å². The number of amides is 1. The average Bonchev–Trinajstić information content (AvgIpc) is 3.01. The van der Waals surface area contributed by atoms with Gasteiger partial charge in [-0.2, -0.15) is 0 Å². The predicted octanol–water partition coefficient (Wildman–Crippen LogP) is 8.01. The average molecular weight is 575 g/mol. The van der Waals surface area contributed by atoms with E-state index in [0.29, 0.717) is 29.3 Å². The van der Waals surface area contributed by atoms with Crippen LogP contribution in [0.15, 0.2) is 114 Å². The van der Waals surface area contributed by atoms with E-state index >= 15 is 0 Å². The van der Waals surface area contributed by atoms with Crippen LogP contribution < -0.4 is 11.1 Å². The van der Waals surface area contributed by atoms with E-state index < -0.39 is 0 Å². The SMILES string of the molecule is C=CCN(C(=O)c1ccc(Sc2ccc(N)cc2)c(Nc2ncnc3nc(C(C)C)ccc23)c1)C(C)c1ccccc1. The van der Waals surface area contributed by atoms with Gasteiger partial charge in [0.05, 0.1) is 17.1 Å². The van der Waals surface area contributed by atoms with Crippen LogP contribution in [0.5, 0.6) is 0 Å². The highest BCUT2D eigenvalue weighted by Gasteiger charge is 2.23. The number of carbonyl (C=O) groups is 1. The Bertz CT molecular complexity index is 1710. The number of rotatable bonds is 10. The van der Waals surface area contributed by atoms with Crippen LogP contribution >= 0.6 is 11.8 Å². The minimum Gasteiger partial charge on any atom is -0.399 e. The molecule has 1 amide bonds. The molecule has 5 rings (SSSR count). The molecule has 1 unspecified atom stereocenters. The highest BCUT2D eigenvalue weighted by molar-refractivity contribution is 7.99. The Labute approximate surface area is 250 Å². The Hall–Kier alpha value is -4.69. The van der Waals surface area contributed by atoms with E-state index in [-0.39, 0.29) is 17.9 Å². The number of aromatic nitrogens is 3. The zero-order valence-corrected chi connectivity index (χ0v) is 24.8. The molecule has 5 aromatic rings. The van der Waals surface area contributed by atoms with Crippen molar-refractivity contribution in [2.24, 2.45) is 0 Å². The summed E-state index contributed by atoms with van der Waals surface area (Å²) in [7, 11) is 0. The van der Waals surface area contributed by atoms with E-state index in [2.05, 4.69) is 35.7 Å². The lowest BCUT2D eigenvalue weighted by Gasteiger charge is -2.29. The van der Waals surface area contributed by atoms with Gasteiger partial charge in [-0.15, -0.1) is 6.58 Å². The highest BCUT2D eigenvalue weighted by Crippen LogP contribution is 2.37. The summed E-state index contributed by atoms with van der Waals surface area (Å²) in [6, 6.07) is 27.3. The van der Waals surface area contributed by atoms with Crippen LogP contribution in [-0.2, 0) is 0 Å². The first kappa shape index (κ1) is 28.8. The smallest absolute Gasteiger partial charge is 0.254 e. The fourth-order valence-corrected chi connectivity index (χ4v) is 5.53. The number of pyridine rings is 1. The zero-order chi connectivity index (χ0) is 29.6. The predicted molar refractivity (Wildman–Crippen MR) is 172 cm³/mol. The van der Waals surface area contributed by atoms with Crippen LogP contribution in [0.3, 0.4) is 0 Å². The van der Waals surface area contributed by atoms with Crippen LogP contribution in [0.25, 0.3) is 11.0 Å². The van der Waals surface area contributed by atoms with Crippen molar-refractivity contribution < 1.29 is 4.79 Å². The lowest BCUT2D eigenvalue weighted by Crippen LogP contribution is -2.33. The lowest BCUT2D eigenvalue weighted by atomic mass is 10.1. The number of nitrogens with one attached hydrogen (secondary N) is 1. The molecule has 0 bridgehead atoms. The van der Waals surface area contributed by atoms with Crippen molar-refractivity contribution in [3.05, 3.63) is 121 Å². The molecule has 42 heavy (non-hydrogen) atoms. The van der Waals surface area contributed by atoms with Crippen molar-refractivity contribution >= 4 is 45.9 Å². The molecule has 0 spiro atoms. The molecule has 0 saturated carbocycles. The molecule has 0 aliphatic rings. The molecule has 3 aromatic carbocycles. The van der Waals surface area contributed by atoms with E-state index in [1.165, 1.54) is 6.33 Å². The van der Waals surface area contributed by atoms with E-state index in [1.807, 2.05) is 96.8 Å². The van der Waals surface area contributed by atoms with Crippen LogP contribution in [0.2, 0.25) is 0 Å². The Balaban J connectivity index is 1.55. The molecule has 0 aliphatic heterocycles. The van der Waals surface area contributed by atoms with Crippen molar-refractivity contribution in [1.29, 1.82) is 0 Å². The molecule has 7 nitrogen and oxygen atoms in total. The second-order valence-corrected chi connectivity index (χ2v) is 11.4. The number of nitrogens with two attached hydrogens (primary N) is 1. The van der Waals surface area contributed by atoms with E-state index in [9.17, 15) is 4.79 Å². The lowest BCUT2D eigenvalue weighted by molar-refractivity contribution is 0.0715. The standard InChI is InChI=1S/C34H34N6OS/c1-5-19-40(23(4)24-9-7-6-8-10-24)34(41)25-11-18-31(42-27-14-12-26(35)13-15-27)30(20-25)39-33-28-16-17-29(22(2)3)38-32(28)36-21-37-33/h5-18,20-23H,1,19,35H2,2-4H3,(H,36,37,38,39). The topological polar surface area (TPSA) is 97.0 Å². The zero-order valence-electron chi connectivity index (χ0n) is 24.0. The van der Waals surface area contributed by atoms with E-state index in [4.69, 9.17) is 10.7 Å². The largest absolute Gasteiger partial charge is 0.399 e. The maximum Gasteiger partial charge on any atom is 0.254 e. The minimum absolute atomic E-state index is 0.0888. The third kappa shape index (κ3) is 6.44. The molecule has 0 aliphatic carbocycles. The molecule has 212 valence electrons. The molecule has 8 heteroatoms. The first-order valence-corrected chi connectivity index (χ1v) is 14.7. The van der Waals surface area contributed by atoms with Gasteiger partial charge in [-0.05, 0) is 73.0 Å². The van der Waals surface area contributed by atoms with Crippen molar-refractivity contribution in [2.45, 2.75) is 42.5 Å². The van der Waals surface area contributed by atoms with Crippen molar-refractivity contribution in [3.63, 3.8) is 0 Å². The highest BCUT2D eigenvalue weighted by atomic mass is 32.2. The minimum atomic E-state index is -0.135. The maximum absolute atomic E-state index is 14.0. The second kappa shape index (κ2) is 12.9. The molecular formula is C34H34N6OS. The van der Waals surface area contributed by atoms with E-state index in [0.717, 1.165) is 32.1 Å². The van der Waals surface area contributed by atoms with Crippen LogP contribution in [0.1, 0.15) is 54.3 Å². The summed E-state index contributed by atoms with van der Waals surface area (Å²) in [5.74, 6) is 0.810. The van der Waals surface area contributed by atoms with Gasteiger partial charge in [0, 0.05) is 33.3 Å². The van der Waals surface area contributed by atoms with Gasteiger partial charge in [0.1, 0.15) is 12.1 Å². The summed E-state index contributed by atoms with van der Waals surface area (Å²) < 4.78 is 0. The Morgan fingerprint density at radius 2 is 1.76 bits per heavy atom. The van der Waals surface area contributed by atoms with E-state index in [1.54, 1.807) is 17.8 Å². The number of hydrogen-bond acceptors (Lipinski definition) is 7. The number of fused-ring (bicyclic) bond motifs is 1. The van der Waals surface area contributed by atoms with Crippen LogP contribution in [-0.4, -0.2) is 32.3 Å². The number of benzene rings is 3. The number of carbonyl (C=O) groups excluding carboxylic acids is 1. The summed E-state index contributed by atoms with van der Waals surface area (Å²) >= 11 is 1.58. The summed E-state index contributed by atoms with van der Waals surface area (Å²) in [6.07, 6.45) is 3.27. The summed E-state index contributed by atoms with van der Waals surface area (Å²) in [5, 5.41) is 4.29. The molecule has 2 heterocycles. The van der Waals surface area contributed by atoms with Gasteiger partial charge in [0.25, 0.3) is 5.91 Å². The Kier molecular flexibility index (Phi) is 8.83. The fourth-order valence-electron chi connectivity index (χ4n) is 4.65. The Morgan fingerprint density at radius 3 is 2.48 bits per heavy atom. The summed E-state index contributed by atoms with van der Waals surface area (Å²) in [6.45, 7) is 10.6. The molecule has 3 N–H and O–H groups in total. The first-order valence-electron chi connectivity index (χ1n) is 13.9. The van der Waals surface area contributed by atoms with Gasteiger partial charge in [-0.3, -0.25) is 4.79 Å². The molecular weight excluding hydrogens is 540 g/mol. The molecule has 2 aromatic heterocycles. The molecule has 0 saturated heterocycles. The van der Waals surface area contributed by atoms with Crippen LogP contribution in [0, 0.1) is 0 Å². The second-order valence-electron chi connectivity index (χ2n) is 10.3. The van der Waals surface area contributed by atoms with Crippen LogP contribution in [0.4, 0.5) is 17.2 Å². The third-order valence-corrected chi connectivity index (χ3v) is 8.12. The first-order chi connectivity index (χ1) is 20.3. The number of nitrogens with zero attached hydrogens (tertiary/aromatic N) is 4. The normalized spacial score (nSPS) is 11.8. The number of hydrogen-bond donors (Lipinski definition) is 2. The van der Waals surface area contributed by atoms with Crippen molar-refractivity contribution in [3.8, 4) is 0 Å². The Morgan fingerprint density at radius 1 is 1.00 bits per heavy atom. The van der Waals surface area contributed by atoms with Crippen molar-refractivity contribution in [2.75, 3.05) is 17.6 Å². The summed E-state index contributed by atoms with van der Waals surface area (Å²) in [5.41, 5.74) is 10.6. The van der Waals surface area contributed by atoms with Gasteiger partial charge < -0.3 is 16.0 Å². The van der Waals surface area contributed by atoms with Gasteiger partial charge in [-0.25, -0.2) is 15.0 Å². The van der Waals surface area contributed by atoms with Gasteiger partial charge in [0.15, 0.2) is 5.65 Å². The van der Waals surface area contributed by atoms with Gasteiger partial charge in [-0.1, -0.05) is 62.0 Å². The quantitative estimate of drug-likeness (QED) is 0.129. The van der Waals surface area contributed by atoms with Crippen molar-refractivity contribution in [1.82, 2.24) is 19.9 Å².